The van der Waals surface area contributed by atoms with Crippen LogP contribution in [0.5, 0.6) is 23.0 Å². The van der Waals surface area contributed by atoms with Crippen LogP contribution >= 0.6 is 0 Å². The normalized spacial score (nSPS) is 11.2. The van der Waals surface area contributed by atoms with Crippen molar-refractivity contribution in [1.82, 2.24) is 4.98 Å². The zero-order valence-electron chi connectivity index (χ0n) is 16.3. The van der Waals surface area contributed by atoms with Crippen LogP contribution in [-0.2, 0) is 6.18 Å². The summed E-state index contributed by atoms with van der Waals surface area (Å²) in [6.45, 7) is 2.74. The van der Waals surface area contributed by atoms with E-state index in [0.29, 0.717) is 5.56 Å². The topological polar surface area (TPSA) is 66.9 Å². The molecule has 0 bridgehead atoms. The number of aromatic nitrogens is 1. The Kier molecular flexibility index (Phi) is 6.06. The number of rotatable bonds is 6. The number of alkyl halides is 3. The van der Waals surface area contributed by atoms with E-state index in [1.165, 1.54) is 41.4 Å². The summed E-state index contributed by atoms with van der Waals surface area (Å²) in [6.07, 6.45) is -3.73. The number of hydrogen-bond acceptors (Lipinski definition) is 6. The molecule has 0 saturated heterocycles. The van der Waals surface area contributed by atoms with Crippen molar-refractivity contribution in [3.8, 4) is 23.0 Å². The van der Waals surface area contributed by atoms with E-state index in [0.717, 1.165) is 6.20 Å². The molecule has 0 saturated carbocycles. The fourth-order valence-corrected chi connectivity index (χ4v) is 3.00. The SMILES string of the molecule is COc1cc(C)c(C(=O)c2c(OC)cnc(C)c2C(F)(F)F)c(OC)c1OC. The molecule has 6 nitrogen and oxygen atoms in total. The second-order valence-corrected chi connectivity index (χ2v) is 5.83. The van der Waals surface area contributed by atoms with E-state index in [9.17, 15) is 18.0 Å². The van der Waals surface area contributed by atoms with Gasteiger partial charge in [0.15, 0.2) is 11.5 Å². The predicted octanol–water partition coefficient (Wildman–Crippen LogP) is 3.98. The molecular weight excluding hydrogens is 379 g/mol. The zero-order chi connectivity index (χ0) is 21.2. The Bertz CT molecular complexity index is 910. The van der Waals surface area contributed by atoms with Gasteiger partial charge in [0.05, 0.1) is 57.0 Å². The van der Waals surface area contributed by atoms with Gasteiger partial charge >= 0.3 is 6.18 Å². The Labute approximate surface area is 160 Å². The monoisotopic (exact) mass is 399 g/mol. The van der Waals surface area contributed by atoms with E-state index in [2.05, 4.69) is 4.98 Å². The molecule has 0 amide bonds. The zero-order valence-corrected chi connectivity index (χ0v) is 16.3. The first-order valence-corrected chi connectivity index (χ1v) is 8.07. The number of ketones is 1. The quantitative estimate of drug-likeness (QED) is 0.685. The van der Waals surface area contributed by atoms with Gasteiger partial charge in [-0.2, -0.15) is 13.2 Å². The highest BCUT2D eigenvalue weighted by atomic mass is 19.4. The van der Waals surface area contributed by atoms with Gasteiger partial charge in [-0.05, 0) is 25.5 Å². The van der Waals surface area contributed by atoms with Crippen molar-refractivity contribution in [2.75, 3.05) is 28.4 Å². The first-order chi connectivity index (χ1) is 13.1. The van der Waals surface area contributed by atoms with Crippen molar-refractivity contribution in [2.45, 2.75) is 20.0 Å². The van der Waals surface area contributed by atoms with Gasteiger partial charge in [-0.3, -0.25) is 9.78 Å². The Morgan fingerprint density at radius 3 is 1.93 bits per heavy atom. The fourth-order valence-electron chi connectivity index (χ4n) is 3.00. The molecule has 0 aliphatic rings. The number of aryl methyl sites for hydroxylation is 2. The predicted molar refractivity (Wildman–Crippen MR) is 94.8 cm³/mol. The largest absolute Gasteiger partial charge is 0.494 e. The van der Waals surface area contributed by atoms with Crippen molar-refractivity contribution in [3.63, 3.8) is 0 Å². The van der Waals surface area contributed by atoms with Gasteiger partial charge in [-0.25, -0.2) is 0 Å². The van der Waals surface area contributed by atoms with Gasteiger partial charge in [0.2, 0.25) is 11.5 Å². The van der Waals surface area contributed by atoms with Gasteiger partial charge < -0.3 is 18.9 Å². The first-order valence-electron chi connectivity index (χ1n) is 8.07. The van der Waals surface area contributed by atoms with Crippen molar-refractivity contribution < 1.29 is 36.9 Å². The number of halogens is 3. The van der Waals surface area contributed by atoms with Gasteiger partial charge in [0.25, 0.3) is 0 Å². The minimum absolute atomic E-state index is 0.0333. The lowest BCUT2D eigenvalue weighted by Gasteiger charge is -2.20. The van der Waals surface area contributed by atoms with Gasteiger partial charge in [-0.1, -0.05) is 0 Å². The average Bonchev–Trinajstić information content (AvgIpc) is 2.64. The number of carbonyl (C=O) groups is 1. The van der Waals surface area contributed by atoms with Crippen LogP contribution in [0.15, 0.2) is 12.3 Å². The molecule has 0 N–H and O–H groups in total. The highest BCUT2D eigenvalue weighted by Gasteiger charge is 2.41. The minimum Gasteiger partial charge on any atom is -0.494 e. The van der Waals surface area contributed by atoms with Crippen LogP contribution in [0.3, 0.4) is 0 Å². The minimum atomic E-state index is -4.81. The molecule has 9 heteroatoms. The summed E-state index contributed by atoms with van der Waals surface area (Å²) in [5, 5.41) is 0. The number of ether oxygens (including phenoxy) is 4. The van der Waals surface area contributed by atoms with Crippen LogP contribution < -0.4 is 18.9 Å². The molecule has 0 radical (unpaired) electrons. The molecular formula is C19H20F3NO5. The lowest BCUT2D eigenvalue weighted by molar-refractivity contribution is -0.138. The summed E-state index contributed by atoms with van der Waals surface area (Å²) in [7, 11) is 5.19. The van der Waals surface area contributed by atoms with Gasteiger partial charge in [0.1, 0.15) is 5.75 Å². The summed E-state index contributed by atoms with van der Waals surface area (Å²) in [5.41, 5.74) is -1.88. The number of pyridine rings is 1. The van der Waals surface area contributed by atoms with Crippen molar-refractivity contribution in [3.05, 3.63) is 40.2 Å². The number of carbonyl (C=O) groups excluding carboxylic acids is 1. The maximum Gasteiger partial charge on any atom is 0.419 e. The second kappa shape index (κ2) is 7.95. The highest BCUT2D eigenvalue weighted by Crippen LogP contribution is 2.45. The number of hydrogen-bond donors (Lipinski definition) is 0. The molecule has 0 atom stereocenters. The summed E-state index contributed by atoms with van der Waals surface area (Å²) < 4.78 is 61.9. The summed E-state index contributed by atoms with van der Waals surface area (Å²) >= 11 is 0. The Balaban J connectivity index is 2.90. The molecule has 2 aromatic rings. The van der Waals surface area contributed by atoms with E-state index < -0.39 is 23.1 Å². The van der Waals surface area contributed by atoms with Crippen LogP contribution in [0.25, 0.3) is 0 Å². The maximum atomic E-state index is 13.7. The van der Waals surface area contributed by atoms with E-state index in [4.69, 9.17) is 18.9 Å². The average molecular weight is 399 g/mol. The molecule has 1 heterocycles. The van der Waals surface area contributed by atoms with Crippen LogP contribution in [-0.4, -0.2) is 39.2 Å². The van der Waals surface area contributed by atoms with Crippen LogP contribution in [0.1, 0.15) is 32.7 Å². The third-order valence-electron chi connectivity index (χ3n) is 4.22. The van der Waals surface area contributed by atoms with E-state index >= 15 is 0 Å². The molecule has 1 aromatic heterocycles. The highest BCUT2D eigenvalue weighted by molar-refractivity contribution is 6.15. The van der Waals surface area contributed by atoms with Crippen molar-refractivity contribution in [2.24, 2.45) is 0 Å². The summed E-state index contributed by atoms with van der Waals surface area (Å²) in [4.78, 5) is 17.0. The molecule has 152 valence electrons. The smallest absolute Gasteiger partial charge is 0.419 e. The molecule has 0 fully saturated rings. The van der Waals surface area contributed by atoms with Crippen LogP contribution in [0.2, 0.25) is 0 Å². The fraction of sp³-hybridized carbons (Fsp3) is 0.368. The Morgan fingerprint density at radius 2 is 1.46 bits per heavy atom. The number of benzene rings is 1. The molecule has 0 aliphatic heterocycles. The van der Waals surface area contributed by atoms with E-state index in [1.807, 2.05) is 0 Å². The van der Waals surface area contributed by atoms with Crippen LogP contribution in [0, 0.1) is 13.8 Å². The first kappa shape index (κ1) is 21.3. The summed E-state index contributed by atoms with van der Waals surface area (Å²) in [5.74, 6) is -0.877. The lowest BCUT2D eigenvalue weighted by atomic mass is 9.93. The Hall–Kier alpha value is -2.97. The van der Waals surface area contributed by atoms with Gasteiger partial charge in [-0.15, -0.1) is 0 Å². The van der Waals surface area contributed by atoms with E-state index in [1.54, 1.807) is 6.92 Å². The Morgan fingerprint density at radius 1 is 0.893 bits per heavy atom. The standard InChI is InChI=1S/C19H20F3NO5/c1-9-7-11(25-3)17(27-5)18(28-6)13(9)16(24)14-12(26-4)8-23-10(2)15(14)19(20,21)22/h7-8H,1-6H3. The molecule has 0 spiro atoms. The molecule has 28 heavy (non-hydrogen) atoms. The van der Waals surface area contributed by atoms with Crippen LogP contribution in [0.4, 0.5) is 13.2 Å². The third-order valence-corrected chi connectivity index (χ3v) is 4.22. The number of methoxy groups -OCH3 is 4. The molecule has 0 unspecified atom stereocenters. The van der Waals surface area contributed by atoms with Gasteiger partial charge in [0, 0.05) is 0 Å². The maximum absolute atomic E-state index is 13.7. The number of nitrogens with zero attached hydrogens (tertiary/aromatic N) is 1. The lowest BCUT2D eigenvalue weighted by Crippen LogP contribution is -2.19. The summed E-state index contributed by atoms with van der Waals surface area (Å²) in [6, 6.07) is 1.49. The second-order valence-electron chi connectivity index (χ2n) is 5.83. The van der Waals surface area contributed by atoms with Crippen molar-refractivity contribution >= 4 is 5.78 Å². The molecule has 2 rings (SSSR count). The van der Waals surface area contributed by atoms with Crippen molar-refractivity contribution in [1.29, 1.82) is 0 Å². The van der Waals surface area contributed by atoms with E-state index in [-0.39, 0.29) is 34.3 Å². The third kappa shape index (κ3) is 3.56. The molecule has 1 aromatic carbocycles. The molecule has 0 aliphatic carbocycles.